The minimum atomic E-state index is 0.0381. The Morgan fingerprint density at radius 1 is 1.41 bits per heavy atom. The Labute approximate surface area is 133 Å². The molecule has 1 atom stereocenters. The van der Waals surface area contributed by atoms with Crippen molar-refractivity contribution in [2.75, 3.05) is 46.9 Å². The largest absolute Gasteiger partial charge is 0.491 e. The van der Waals surface area contributed by atoms with Crippen molar-refractivity contribution in [2.45, 2.75) is 13.3 Å². The SMILES string of the molecule is CN(C)CCOc1ccccc1C(=O)N1CCC(C)(CN)C1. The molecular weight excluding hydrogens is 278 g/mol. The van der Waals surface area contributed by atoms with Gasteiger partial charge < -0.3 is 20.3 Å². The molecule has 0 radical (unpaired) electrons. The Bertz CT molecular complexity index is 518. The number of para-hydroxylation sites is 1. The van der Waals surface area contributed by atoms with Crippen molar-refractivity contribution in [3.8, 4) is 5.75 Å². The number of carbonyl (C=O) groups is 1. The lowest BCUT2D eigenvalue weighted by Gasteiger charge is -2.23. The quantitative estimate of drug-likeness (QED) is 0.864. The van der Waals surface area contributed by atoms with Crippen LogP contribution in [0.1, 0.15) is 23.7 Å². The zero-order valence-electron chi connectivity index (χ0n) is 13.8. The van der Waals surface area contributed by atoms with E-state index in [2.05, 4.69) is 11.8 Å². The summed E-state index contributed by atoms with van der Waals surface area (Å²) < 4.78 is 5.79. The lowest BCUT2D eigenvalue weighted by Crippen LogP contribution is -2.34. The number of rotatable bonds is 6. The van der Waals surface area contributed by atoms with Crippen LogP contribution in [-0.2, 0) is 0 Å². The van der Waals surface area contributed by atoms with Crippen LogP contribution in [0.4, 0.5) is 0 Å². The Kier molecular flexibility index (Phi) is 5.42. The van der Waals surface area contributed by atoms with Gasteiger partial charge in [0.1, 0.15) is 12.4 Å². The van der Waals surface area contributed by atoms with E-state index in [1.54, 1.807) is 0 Å². The average Bonchev–Trinajstić information content (AvgIpc) is 2.90. The number of hydrogen-bond donors (Lipinski definition) is 1. The molecule has 0 aliphatic carbocycles. The molecule has 1 aromatic carbocycles. The second-order valence-electron chi connectivity index (χ2n) is 6.64. The number of nitrogens with zero attached hydrogens (tertiary/aromatic N) is 2. The van der Waals surface area contributed by atoms with Crippen LogP contribution in [0.25, 0.3) is 0 Å². The standard InChI is InChI=1S/C17H27N3O2/c1-17(12-18)8-9-20(13-17)16(21)14-6-4-5-7-15(14)22-11-10-19(2)3/h4-7H,8-13,18H2,1-3H3. The number of hydrogen-bond acceptors (Lipinski definition) is 4. The Morgan fingerprint density at radius 2 is 2.14 bits per heavy atom. The van der Waals surface area contributed by atoms with E-state index in [0.717, 1.165) is 19.5 Å². The molecule has 1 heterocycles. The fraction of sp³-hybridized carbons (Fsp3) is 0.588. The van der Waals surface area contributed by atoms with Gasteiger partial charge in [0, 0.05) is 19.6 Å². The minimum Gasteiger partial charge on any atom is -0.491 e. The monoisotopic (exact) mass is 305 g/mol. The molecule has 1 aliphatic rings. The fourth-order valence-electron chi connectivity index (χ4n) is 2.64. The summed E-state index contributed by atoms with van der Waals surface area (Å²) >= 11 is 0. The third kappa shape index (κ3) is 3.99. The van der Waals surface area contributed by atoms with Crippen LogP contribution in [0, 0.1) is 5.41 Å². The fourth-order valence-corrected chi connectivity index (χ4v) is 2.64. The lowest BCUT2D eigenvalue weighted by atomic mass is 9.90. The van der Waals surface area contributed by atoms with Crippen molar-refractivity contribution < 1.29 is 9.53 Å². The second-order valence-corrected chi connectivity index (χ2v) is 6.64. The van der Waals surface area contributed by atoms with Crippen LogP contribution in [0.5, 0.6) is 5.75 Å². The van der Waals surface area contributed by atoms with Gasteiger partial charge in [-0.15, -0.1) is 0 Å². The van der Waals surface area contributed by atoms with Crippen LogP contribution >= 0.6 is 0 Å². The topological polar surface area (TPSA) is 58.8 Å². The summed E-state index contributed by atoms with van der Waals surface area (Å²) in [7, 11) is 4.00. The van der Waals surface area contributed by atoms with Gasteiger partial charge in [0.2, 0.25) is 0 Å². The Balaban J connectivity index is 2.07. The maximum atomic E-state index is 12.8. The van der Waals surface area contributed by atoms with Crippen molar-refractivity contribution >= 4 is 5.91 Å². The van der Waals surface area contributed by atoms with Crippen LogP contribution in [-0.4, -0.2) is 62.6 Å². The van der Waals surface area contributed by atoms with Gasteiger partial charge in [-0.2, -0.15) is 0 Å². The first-order valence-corrected chi connectivity index (χ1v) is 7.81. The van der Waals surface area contributed by atoms with E-state index in [1.807, 2.05) is 43.3 Å². The summed E-state index contributed by atoms with van der Waals surface area (Å²) in [6, 6.07) is 7.48. The highest BCUT2D eigenvalue weighted by atomic mass is 16.5. The van der Waals surface area contributed by atoms with Crippen molar-refractivity contribution in [1.82, 2.24) is 9.80 Å². The summed E-state index contributed by atoms with van der Waals surface area (Å²) in [5, 5.41) is 0. The molecule has 1 aromatic rings. The molecule has 2 rings (SSSR count). The molecule has 0 saturated carbocycles. The number of ether oxygens (including phenoxy) is 1. The number of nitrogens with two attached hydrogens (primary N) is 1. The first-order valence-electron chi connectivity index (χ1n) is 7.81. The van der Waals surface area contributed by atoms with E-state index in [9.17, 15) is 4.79 Å². The highest BCUT2D eigenvalue weighted by Gasteiger charge is 2.35. The predicted octanol–water partition coefficient (Wildman–Crippen LogP) is 1.44. The molecule has 2 N–H and O–H groups in total. The smallest absolute Gasteiger partial charge is 0.257 e. The van der Waals surface area contributed by atoms with E-state index in [4.69, 9.17) is 10.5 Å². The van der Waals surface area contributed by atoms with Crippen LogP contribution in [0.15, 0.2) is 24.3 Å². The molecule has 1 unspecified atom stereocenters. The molecule has 0 spiro atoms. The van der Waals surface area contributed by atoms with Crippen molar-refractivity contribution in [3.05, 3.63) is 29.8 Å². The third-order valence-electron chi connectivity index (χ3n) is 4.25. The van der Waals surface area contributed by atoms with Gasteiger partial charge in [-0.3, -0.25) is 4.79 Å². The van der Waals surface area contributed by atoms with Crippen LogP contribution < -0.4 is 10.5 Å². The molecular formula is C17H27N3O2. The van der Waals surface area contributed by atoms with E-state index in [-0.39, 0.29) is 11.3 Å². The molecule has 5 nitrogen and oxygen atoms in total. The minimum absolute atomic E-state index is 0.0381. The van der Waals surface area contributed by atoms with Gasteiger partial charge in [0.15, 0.2) is 0 Å². The van der Waals surface area contributed by atoms with E-state index >= 15 is 0 Å². The lowest BCUT2D eigenvalue weighted by molar-refractivity contribution is 0.0772. The predicted molar refractivity (Wildman–Crippen MR) is 88.2 cm³/mol. The summed E-state index contributed by atoms with van der Waals surface area (Å²) in [5.74, 6) is 0.702. The first-order chi connectivity index (χ1) is 10.4. The number of likely N-dealkylation sites (tertiary alicyclic amines) is 1. The van der Waals surface area contributed by atoms with E-state index in [0.29, 0.717) is 31.0 Å². The van der Waals surface area contributed by atoms with Gasteiger partial charge in [0.05, 0.1) is 5.56 Å². The molecule has 1 aliphatic heterocycles. The van der Waals surface area contributed by atoms with Gasteiger partial charge in [-0.25, -0.2) is 0 Å². The number of carbonyl (C=O) groups excluding carboxylic acids is 1. The Hall–Kier alpha value is -1.59. The average molecular weight is 305 g/mol. The normalized spacial score (nSPS) is 21.4. The summed E-state index contributed by atoms with van der Waals surface area (Å²) in [5.41, 5.74) is 6.51. The first kappa shape index (κ1) is 16.8. The summed E-state index contributed by atoms with van der Waals surface area (Å²) in [4.78, 5) is 16.7. The third-order valence-corrected chi connectivity index (χ3v) is 4.25. The summed E-state index contributed by atoms with van der Waals surface area (Å²) in [6.07, 6.45) is 0.957. The van der Waals surface area contributed by atoms with Gasteiger partial charge in [-0.05, 0) is 44.6 Å². The molecule has 0 aromatic heterocycles. The van der Waals surface area contributed by atoms with Gasteiger partial charge in [-0.1, -0.05) is 19.1 Å². The number of likely N-dealkylation sites (N-methyl/N-ethyl adjacent to an activating group) is 1. The van der Waals surface area contributed by atoms with Crippen LogP contribution in [0.3, 0.4) is 0 Å². The van der Waals surface area contributed by atoms with Crippen molar-refractivity contribution in [2.24, 2.45) is 11.1 Å². The zero-order chi connectivity index (χ0) is 16.2. The molecule has 0 bridgehead atoms. The molecule has 1 fully saturated rings. The molecule has 22 heavy (non-hydrogen) atoms. The van der Waals surface area contributed by atoms with Crippen molar-refractivity contribution in [1.29, 1.82) is 0 Å². The zero-order valence-corrected chi connectivity index (χ0v) is 13.8. The van der Waals surface area contributed by atoms with Gasteiger partial charge in [0.25, 0.3) is 5.91 Å². The van der Waals surface area contributed by atoms with Crippen LogP contribution in [0.2, 0.25) is 0 Å². The highest BCUT2D eigenvalue weighted by molar-refractivity contribution is 5.97. The molecule has 5 heteroatoms. The second kappa shape index (κ2) is 7.11. The Morgan fingerprint density at radius 3 is 2.77 bits per heavy atom. The van der Waals surface area contributed by atoms with E-state index in [1.165, 1.54) is 0 Å². The number of benzene rings is 1. The molecule has 1 amide bonds. The maximum Gasteiger partial charge on any atom is 0.257 e. The molecule has 122 valence electrons. The number of amides is 1. The van der Waals surface area contributed by atoms with Crippen molar-refractivity contribution in [3.63, 3.8) is 0 Å². The van der Waals surface area contributed by atoms with Gasteiger partial charge >= 0.3 is 0 Å². The highest BCUT2D eigenvalue weighted by Crippen LogP contribution is 2.31. The summed E-state index contributed by atoms with van der Waals surface area (Å²) in [6.45, 7) is 5.61. The molecule has 1 saturated heterocycles. The maximum absolute atomic E-state index is 12.8. The van der Waals surface area contributed by atoms with E-state index < -0.39 is 0 Å².